The predicted molar refractivity (Wildman–Crippen MR) is 67.9 cm³/mol. The zero-order chi connectivity index (χ0) is 13.4. The van der Waals surface area contributed by atoms with Crippen molar-refractivity contribution in [3.8, 4) is 0 Å². The molecule has 0 saturated carbocycles. The Bertz CT molecular complexity index is 423. The molecule has 1 atom stereocenters. The summed E-state index contributed by atoms with van der Waals surface area (Å²) < 4.78 is 4.58. The van der Waals surface area contributed by atoms with Gasteiger partial charge in [0.25, 0.3) is 0 Å². The Balaban J connectivity index is 2.59. The Morgan fingerprint density at radius 3 is 2.56 bits per heavy atom. The van der Waals surface area contributed by atoms with E-state index in [1.165, 1.54) is 7.11 Å². The highest BCUT2D eigenvalue weighted by atomic mass is 16.5. The van der Waals surface area contributed by atoms with Crippen molar-refractivity contribution in [1.82, 2.24) is 0 Å². The van der Waals surface area contributed by atoms with E-state index in [2.05, 4.69) is 4.74 Å². The maximum absolute atomic E-state index is 11.4. The first-order chi connectivity index (χ1) is 8.63. The summed E-state index contributed by atoms with van der Waals surface area (Å²) >= 11 is 0. The lowest BCUT2D eigenvalue weighted by molar-refractivity contribution is -0.150. The van der Waals surface area contributed by atoms with Crippen molar-refractivity contribution in [1.29, 1.82) is 0 Å². The third-order valence-electron chi connectivity index (χ3n) is 2.49. The molecule has 0 spiro atoms. The van der Waals surface area contributed by atoms with Crippen molar-refractivity contribution in [2.75, 3.05) is 7.11 Å². The number of carboxylic acid groups (broad SMARTS) is 1. The molecule has 0 saturated heterocycles. The normalized spacial score (nSPS) is 12.3. The van der Waals surface area contributed by atoms with Crippen LogP contribution in [0, 0.1) is 5.92 Å². The molecule has 1 rings (SSSR count). The van der Waals surface area contributed by atoms with E-state index in [4.69, 9.17) is 5.11 Å². The molecule has 0 aliphatic heterocycles. The van der Waals surface area contributed by atoms with E-state index < -0.39 is 17.9 Å². The van der Waals surface area contributed by atoms with Gasteiger partial charge in [0.15, 0.2) is 0 Å². The lowest BCUT2D eigenvalue weighted by Crippen LogP contribution is -2.19. The number of hydrogen-bond acceptors (Lipinski definition) is 3. The van der Waals surface area contributed by atoms with Crippen LogP contribution in [-0.4, -0.2) is 24.2 Å². The number of aliphatic carboxylic acids is 1. The average Bonchev–Trinajstić information content (AvgIpc) is 2.37. The van der Waals surface area contributed by atoms with Gasteiger partial charge in [0.1, 0.15) is 0 Å². The maximum atomic E-state index is 11.4. The smallest absolute Gasteiger partial charge is 0.309 e. The van der Waals surface area contributed by atoms with Crippen LogP contribution in [0.4, 0.5) is 0 Å². The summed E-state index contributed by atoms with van der Waals surface area (Å²) in [7, 11) is 1.26. The molecule has 0 fully saturated rings. The lowest BCUT2D eigenvalue weighted by atomic mass is 10.0. The van der Waals surface area contributed by atoms with Crippen molar-refractivity contribution in [2.24, 2.45) is 5.92 Å². The van der Waals surface area contributed by atoms with Crippen LogP contribution < -0.4 is 0 Å². The summed E-state index contributed by atoms with van der Waals surface area (Å²) in [6.07, 6.45) is 3.79. The van der Waals surface area contributed by atoms with Crippen LogP contribution in [0.1, 0.15) is 18.4 Å². The van der Waals surface area contributed by atoms with E-state index in [0.29, 0.717) is 6.42 Å². The molecule has 0 bridgehead atoms. The summed E-state index contributed by atoms with van der Waals surface area (Å²) in [6, 6.07) is 9.60. The monoisotopic (exact) mass is 248 g/mol. The van der Waals surface area contributed by atoms with Crippen LogP contribution in [-0.2, 0) is 14.3 Å². The van der Waals surface area contributed by atoms with Gasteiger partial charge in [-0.15, -0.1) is 0 Å². The van der Waals surface area contributed by atoms with Crippen LogP contribution in [0.5, 0.6) is 0 Å². The molecule has 4 heteroatoms. The fourth-order valence-corrected chi connectivity index (χ4v) is 1.57. The van der Waals surface area contributed by atoms with Gasteiger partial charge in [-0.1, -0.05) is 42.5 Å². The zero-order valence-electron chi connectivity index (χ0n) is 10.2. The van der Waals surface area contributed by atoms with E-state index in [9.17, 15) is 9.59 Å². The molecular formula is C14H16O4. The molecule has 0 aliphatic rings. The van der Waals surface area contributed by atoms with Gasteiger partial charge >= 0.3 is 11.9 Å². The molecule has 1 aromatic rings. The largest absolute Gasteiger partial charge is 0.481 e. The highest BCUT2D eigenvalue weighted by molar-refractivity contribution is 5.79. The number of carbonyl (C=O) groups excluding carboxylic acids is 1. The highest BCUT2D eigenvalue weighted by Crippen LogP contribution is 2.13. The number of allylic oxidation sites excluding steroid dienone is 1. The van der Waals surface area contributed by atoms with E-state index in [-0.39, 0.29) is 6.42 Å². The molecular weight excluding hydrogens is 232 g/mol. The van der Waals surface area contributed by atoms with Gasteiger partial charge in [-0.05, 0) is 12.0 Å². The van der Waals surface area contributed by atoms with Gasteiger partial charge in [0.2, 0.25) is 0 Å². The minimum Gasteiger partial charge on any atom is -0.481 e. The van der Waals surface area contributed by atoms with Crippen molar-refractivity contribution in [3.63, 3.8) is 0 Å². The molecule has 18 heavy (non-hydrogen) atoms. The van der Waals surface area contributed by atoms with Crippen LogP contribution in [0.2, 0.25) is 0 Å². The third-order valence-corrected chi connectivity index (χ3v) is 2.49. The number of esters is 1. The summed E-state index contributed by atoms with van der Waals surface area (Å²) in [5, 5.41) is 8.71. The number of rotatable bonds is 6. The van der Waals surface area contributed by atoms with E-state index in [1.54, 1.807) is 6.08 Å². The number of benzene rings is 1. The summed E-state index contributed by atoms with van der Waals surface area (Å²) in [4.78, 5) is 22.0. The third kappa shape index (κ3) is 4.82. The van der Waals surface area contributed by atoms with Crippen molar-refractivity contribution in [3.05, 3.63) is 42.0 Å². The summed E-state index contributed by atoms with van der Waals surface area (Å²) in [6.45, 7) is 0. The Labute approximate surface area is 106 Å². The van der Waals surface area contributed by atoms with Crippen molar-refractivity contribution < 1.29 is 19.4 Å². The topological polar surface area (TPSA) is 63.6 Å². The molecule has 0 amide bonds. The van der Waals surface area contributed by atoms with E-state index >= 15 is 0 Å². The zero-order valence-corrected chi connectivity index (χ0v) is 10.2. The molecule has 0 aromatic heterocycles. The SMILES string of the molecule is COC(=O)[C@H](C/C=C/c1ccccc1)CC(=O)O. The minimum absolute atomic E-state index is 0.216. The van der Waals surface area contributed by atoms with Gasteiger partial charge in [0, 0.05) is 0 Å². The molecule has 4 nitrogen and oxygen atoms in total. The second-order valence-corrected chi connectivity index (χ2v) is 3.87. The lowest BCUT2D eigenvalue weighted by Gasteiger charge is -2.09. The van der Waals surface area contributed by atoms with Gasteiger partial charge < -0.3 is 9.84 Å². The molecule has 0 unspecified atom stereocenters. The minimum atomic E-state index is -1.00. The first-order valence-corrected chi connectivity index (χ1v) is 5.64. The van der Waals surface area contributed by atoms with Crippen LogP contribution in [0.15, 0.2) is 36.4 Å². The molecule has 96 valence electrons. The maximum Gasteiger partial charge on any atom is 0.309 e. The number of ether oxygens (including phenoxy) is 1. The van der Waals surface area contributed by atoms with E-state index in [0.717, 1.165) is 5.56 Å². The van der Waals surface area contributed by atoms with Crippen molar-refractivity contribution in [2.45, 2.75) is 12.8 Å². The van der Waals surface area contributed by atoms with Crippen LogP contribution in [0.3, 0.4) is 0 Å². The first-order valence-electron chi connectivity index (χ1n) is 5.64. The first kappa shape index (κ1) is 14.0. The summed E-state index contributed by atoms with van der Waals surface area (Å²) in [5.41, 5.74) is 1.01. The Morgan fingerprint density at radius 2 is 2.00 bits per heavy atom. The van der Waals surface area contributed by atoms with Gasteiger partial charge in [-0.2, -0.15) is 0 Å². The number of methoxy groups -OCH3 is 1. The number of hydrogen-bond donors (Lipinski definition) is 1. The fourth-order valence-electron chi connectivity index (χ4n) is 1.57. The molecule has 1 aromatic carbocycles. The second-order valence-electron chi connectivity index (χ2n) is 3.87. The van der Waals surface area contributed by atoms with Gasteiger partial charge in [-0.25, -0.2) is 0 Å². The Morgan fingerprint density at radius 1 is 1.33 bits per heavy atom. The molecule has 1 N–H and O–H groups in total. The van der Waals surface area contributed by atoms with Gasteiger partial charge in [0.05, 0.1) is 19.4 Å². The fraction of sp³-hybridized carbons (Fsp3) is 0.286. The average molecular weight is 248 g/mol. The van der Waals surface area contributed by atoms with Crippen LogP contribution >= 0.6 is 0 Å². The Kier molecular flexibility index (Phi) is 5.64. The standard InChI is InChI=1S/C14H16O4/c1-18-14(17)12(10-13(15)16)9-5-8-11-6-3-2-4-7-11/h2-8,12H,9-10H2,1H3,(H,15,16)/b8-5+/t12-/m1/s1. The molecule has 0 radical (unpaired) electrons. The second kappa shape index (κ2) is 7.27. The quantitative estimate of drug-likeness (QED) is 0.785. The number of carbonyl (C=O) groups is 2. The van der Waals surface area contributed by atoms with E-state index in [1.807, 2.05) is 36.4 Å². The summed E-state index contributed by atoms with van der Waals surface area (Å²) in [5.74, 6) is -2.12. The highest BCUT2D eigenvalue weighted by Gasteiger charge is 2.20. The van der Waals surface area contributed by atoms with Crippen LogP contribution in [0.25, 0.3) is 6.08 Å². The molecule has 0 heterocycles. The van der Waals surface area contributed by atoms with Crippen molar-refractivity contribution >= 4 is 18.0 Å². The molecule has 0 aliphatic carbocycles. The Hall–Kier alpha value is -2.10. The van der Waals surface area contributed by atoms with Gasteiger partial charge in [-0.3, -0.25) is 9.59 Å². The number of carboxylic acids is 1. The predicted octanol–water partition coefficient (Wildman–Crippen LogP) is 2.35.